The van der Waals surface area contributed by atoms with Crippen LogP contribution in [0.3, 0.4) is 0 Å². The van der Waals surface area contributed by atoms with Crippen molar-refractivity contribution in [1.29, 1.82) is 0 Å². The summed E-state index contributed by atoms with van der Waals surface area (Å²) in [6, 6.07) is 6.99. The van der Waals surface area contributed by atoms with Crippen LogP contribution in [0.25, 0.3) is 10.1 Å². The van der Waals surface area contributed by atoms with Gasteiger partial charge in [0.05, 0.1) is 20.3 Å². The second-order valence-corrected chi connectivity index (χ2v) is 8.88. The summed E-state index contributed by atoms with van der Waals surface area (Å²) >= 11 is 1.30. The molecule has 0 spiro atoms. The third kappa shape index (κ3) is 3.61. The molecule has 0 aliphatic carbocycles. The number of rotatable bonds is 7. The zero-order valence-corrected chi connectivity index (χ0v) is 15.6. The second kappa shape index (κ2) is 7.18. The smallest absolute Gasteiger partial charge is 0.348 e. The van der Waals surface area contributed by atoms with Crippen LogP contribution >= 0.6 is 11.3 Å². The molecule has 132 valence electrons. The Hall–Kier alpha value is -1.48. The van der Waals surface area contributed by atoms with E-state index in [1.165, 1.54) is 25.6 Å². The number of esters is 1. The Morgan fingerprint density at radius 3 is 2.50 bits per heavy atom. The van der Waals surface area contributed by atoms with E-state index in [0.29, 0.717) is 10.4 Å². The molecule has 0 atom stereocenters. The third-order valence-electron chi connectivity index (χ3n) is 3.75. The first-order valence-corrected chi connectivity index (χ1v) is 9.45. The summed E-state index contributed by atoms with van der Waals surface area (Å²) in [5.41, 5.74) is 0.585. The Bertz CT molecular complexity index is 835. The standard InChI is InChI=1S/C16H20O6S2/c1-16(2,24(18,19)22-8-7-20-3)12-5-6-13-11(9-12)10-14(23-13)15(17)21-4/h5-6,9-10H,7-8H2,1-4H3. The van der Waals surface area contributed by atoms with Gasteiger partial charge < -0.3 is 9.47 Å². The van der Waals surface area contributed by atoms with Crippen LogP contribution in [0.5, 0.6) is 0 Å². The molecule has 8 heteroatoms. The molecule has 0 aliphatic rings. The summed E-state index contributed by atoms with van der Waals surface area (Å²) in [5, 5.41) is 0.790. The van der Waals surface area contributed by atoms with Gasteiger partial charge in [0.25, 0.3) is 10.1 Å². The summed E-state index contributed by atoms with van der Waals surface area (Å²) in [6.45, 7) is 3.34. The fourth-order valence-corrected chi connectivity index (χ4v) is 4.10. The molecule has 2 aromatic rings. The Balaban J connectivity index is 2.37. The van der Waals surface area contributed by atoms with Crippen LogP contribution in [0.1, 0.15) is 29.1 Å². The van der Waals surface area contributed by atoms with E-state index in [1.54, 1.807) is 38.1 Å². The van der Waals surface area contributed by atoms with Crippen molar-refractivity contribution in [2.75, 3.05) is 27.4 Å². The van der Waals surface area contributed by atoms with Gasteiger partial charge in [-0.2, -0.15) is 8.42 Å². The minimum atomic E-state index is -3.84. The molecule has 0 amide bonds. The number of hydrogen-bond donors (Lipinski definition) is 0. The number of carbonyl (C=O) groups excluding carboxylic acids is 1. The number of methoxy groups -OCH3 is 2. The van der Waals surface area contributed by atoms with E-state index in [2.05, 4.69) is 0 Å². The molecule has 0 N–H and O–H groups in total. The van der Waals surface area contributed by atoms with E-state index in [9.17, 15) is 13.2 Å². The van der Waals surface area contributed by atoms with E-state index >= 15 is 0 Å². The van der Waals surface area contributed by atoms with Crippen molar-refractivity contribution < 1.29 is 26.9 Å². The van der Waals surface area contributed by atoms with Gasteiger partial charge in [-0.05, 0) is 43.0 Å². The molecule has 0 unspecified atom stereocenters. The lowest BCUT2D eigenvalue weighted by atomic mass is 10.0. The molecular weight excluding hydrogens is 352 g/mol. The first-order valence-electron chi connectivity index (χ1n) is 7.23. The molecule has 0 saturated carbocycles. The Morgan fingerprint density at radius 2 is 1.88 bits per heavy atom. The van der Waals surface area contributed by atoms with Crippen LogP contribution in [0, 0.1) is 0 Å². The highest BCUT2D eigenvalue weighted by atomic mass is 32.2. The van der Waals surface area contributed by atoms with Crippen molar-refractivity contribution in [1.82, 2.24) is 0 Å². The largest absolute Gasteiger partial charge is 0.465 e. The van der Waals surface area contributed by atoms with Crippen LogP contribution in [0.15, 0.2) is 24.3 Å². The molecule has 2 rings (SSSR count). The van der Waals surface area contributed by atoms with Gasteiger partial charge in [0.2, 0.25) is 0 Å². The lowest BCUT2D eigenvalue weighted by Gasteiger charge is -2.24. The summed E-state index contributed by atoms with van der Waals surface area (Å²) in [5.74, 6) is -0.410. The minimum absolute atomic E-state index is 0.0323. The molecule has 1 aromatic heterocycles. The van der Waals surface area contributed by atoms with Crippen molar-refractivity contribution in [3.63, 3.8) is 0 Å². The van der Waals surface area contributed by atoms with Gasteiger partial charge in [0.15, 0.2) is 0 Å². The van der Waals surface area contributed by atoms with Gasteiger partial charge in [-0.25, -0.2) is 4.79 Å². The van der Waals surface area contributed by atoms with Crippen LogP contribution < -0.4 is 0 Å². The normalized spacial score (nSPS) is 12.5. The van der Waals surface area contributed by atoms with Crippen LogP contribution in [0.4, 0.5) is 0 Å². The Kier molecular flexibility index (Phi) is 5.64. The summed E-state index contributed by atoms with van der Waals surface area (Å²) in [6.07, 6.45) is 0. The number of benzene rings is 1. The molecule has 0 bridgehead atoms. The maximum Gasteiger partial charge on any atom is 0.348 e. The topological polar surface area (TPSA) is 78.9 Å². The number of ether oxygens (including phenoxy) is 2. The fraction of sp³-hybridized carbons (Fsp3) is 0.438. The number of carbonyl (C=O) groups is 1. The van der Waals surface area contributed by atoms with E-state index in [1.807, 2.05) is 0 Å². The molecule has 0 aliphatic heterocycles. The van der Waals surface area contributed by atoms with Gasteiger partial charge in [-0.15, -0.1) is 11.3 Å². The first-order chi connectivity index (χ1) is 11.2. The molecule has 1 aromatic carbocycles. The molecular formula is C16H20O6S2. The van der Waals surface area contributed by atoms with Crippen molar-refractivity contribution in [2.24, 2.45) is 0 Å². The molecule has 0 radical (unpaired) electrons. The van der Waals surface area contributed by atoms with Crippen molar-refractivity contribution in [2.45, 2.75) is 18.6 Å². The highest BCUT2D eigenvalue weighted by molar-refractivity contribution is 7.87. The minimum Gasteiger partial charge on any atom is -0.465 e. The fourth-order valence-electron chi connectivity index (χ4n) is 2.14. The Labute approximate surface area is 145 Å². The van der Waals surface area contributed by atoms with E-state index in [-0.39, 0.29) is 13.2 Å². The van der Waals surface area contributed by atoms with Crippen LogP contribution in [0.2, 0.25) is 0 Å². The second-order valence-electron chi connectivity index (χ2n) is 5.63. The monoisotopic (exact) mass is 372 g/mol. The zero-order valence-electron chi connectivity index (χ0n) is 14.0. The Morgan fingerprint density at radius 1 is 1.17 bits per heavy atom. The number of thiophene rings is 1. The average Bonchev–Trinajstić information content (AvgIpc) is 2.97. The predicted molar refractivity (Wildman–Crippen MR) is 92.9 cm³/mol. The van der Waals surface area contributed by atoms with Gasteiger partial charge in [0.1, 0.15) is 9.62 Å². The maximum absolute atomic E-state index is 12.5. The van der Waals surface area contributed by atoms with Crippen LogP contribution in [-0.4, -0.2) is 41.8 Å². The van der Waals surface area contributed by atoms with Gasteiger partial charge >= 0.3 is 5.97 Å². The van der Waals surface area contributed by atoms with E-state index in [4.69, 9.17) is 13.7 Å². The van der Waals surface area contributed by atoms with Crippen molar-refractivity contribution >= 4 is 37.5 Å². The van der Waals surface area contributed by atoms with Crippen molar-refractivity contribution in [3.8, 4) is 0 Å². The third-order valence-corrected chi connectivity index (χ3v) is 6.81. The van der Waals surface area contributed by atoms with E-state index < -0.39 is 20.8 Å². The maximum atomic E-state index is 12.5. The molecule has 24 heavy (non-hydrogen) atoms. The summed E-state index contributed by atoms with van der Waals surface area (Å²) < 4.78 is 39.2. The SMILES string of the molecule is COCCOS(=O)(=O)C(C)(C)c1ccc2sc(C(=O)OC)cc2c1. The number of hydrogen-bond acceptors (Lipinski definition) is 7. The van der Waals surface area contributed by atoms with Crippen molar-refractivity contribution in [3.05, 3.63) is 34.7 Å². The lowest BCUT2D eigenvalue weighted by molar-refractivity contribution is 0.0606. The van der Waals surface area contributed by atoms with Gasteiger partial charge in [-0.1, -0.05) is 6.07 Å². The highest BCUT2D eigenvalue weighted by Gasteiger charge is 2.37. The predicted octanol–water partition coefficient (Wildman–Crippen LogP) is 2.92. The van der Waals surface area contributed by atoms with Gasteiger partial charge in [-0.3, -0.25) is 4.18 Å². The number of fused-ring (bicyclic) bond motifs is 1. The average molecular weight is 372 g/mol. The lowest BCUT2D eigenvalue weighted by Crippen LogP contribution is -2.31. The zero-order chi connectivity index (χ0) is 18.0. The first kappa shape index (κ1) is 18.9. The van der Waals surface area contributed by atoms with Crippen LogP contribution in [-0.2, 0) is 28.5 Å². The molecule has 6 nitrogen and oxygen atoms in total. The highest BCUT2D eigenvalue weighted by Crippen LogP contribution is 2.35. The molecule has 1 heterocycles. The quantitative estimate of drug-likeness (QED) is 0.422. The summed E-state index contributed by atoms with van der Waals surface area (Å²) in [4.78, 5) is 12.1. The molecule has 0 fully saturated rings. The molecule has 0 saturated heterocycles. The van der Waals surface area contributed by atoms with Gasteiger partial charge in [0, 0.05) is 11.8 Å². The summed E-state index contributed by atoms with van der Waals surface area (Å²) in [7, 11) is -1.03. The van der Waals surface area contributed by atoms with E-state index in [0.717, 1.165) is 10.1 Å².